The second kappa shape index (κ2) is 6.12. The van der Waals surface area contributed by atoms with Crippen molar-refractivity contribution in [2.45, 2.75) is 38.6 Å². The smallest absolute Gasteiger partial charge is 0.246 e. The molecule has 4 nitrogen and oxygen atoms in total. The van der Waals surface area contributed by atoms with E-state index in [0.717, 1.165) is 18.4 Å². The number of aromatic nitrogens is 2. The Kier molecular flexibility index (Phi) is 4.68. The zero-order valence-electron chi connectivity index (χ0n) is 11.5. The predicted octanol–water partition coefficient (Wildman–Crippen LogP) is 3.94. The Hall–Kier alpha value is -1.10. The first-order valence-electron chi connectivity index (χ1n) is 6.48. The summed E-state index contributed by atoms with van der Waals surface area (Å²) < 4.78 is 5.26. The van der Waals surface area contributed by atoms with E-state index in [9.17, 15) is 0 Å². The molecule has 2 N–H and O–H groups in total. The molecule has 1 unspecified atom stereocenters. The number of benzene rings is 1. The van der Waals surface area contributed by atoms with Gasteiger partial charge in [-0.05, 0) is 31.0 Å². The van der Waals surface area contributed by atoms with E-state index >= 15 is 0 Å². The van der Waals surface area contributed by atoms with E-state index in [2.05, 4.69) is 17.1 Å². The first-order valence-corrected chi connectivity index (χ1v) is 7.24. The van der Waals surface area contributed by atoms with E-state index in [0.29, 0.717) is 28.2 Å². The Morgan fingerprint density at radius 3 is 2.70 bits per heavy atom. The van der Waals surface area contributed by atoms with Crippen LogP contribution in [-0.2, 0) is 12.0 Å². The highest BCUT2D eigenvalue weighted by atomic mass is 35.5. The molecule has 108 valence electrons. The summed E-state index contributed by atoms with van der Waals surface area (Å²) in [4.78, 5) is 4.37. The van der Waals surface area contributed by atoms with Crippen molar-refractivity contribution in [1.82, 2.24) is 10.1 Å². The lowest BCUT2D eigenvalue weighted by Gasteiger charge is -2.18. The molecule has 0 saturated heterocycles. The Morgan fingerprint density at radius 2 is 2.05 bits per heavy atom. The van der Waals surface area contributed by atoms with Crippen LogP contribution in [0.1, 0.15) is 44.0 Å². The van der Waals surface area contributed by atoms with Crippen LogP contribution in [0.4, 0.5) is 0 Å². The SMILES string of the molecule is CCCC(C)(N)c1nc(Cc2ccc(Cl)c(Cl)c2)no1. The van der Waals surface area contributed by atoms with Crippen LogP contribution in [0.5, 0.6) is 0 Å². The summed E-state index contributed by atoms with van der Waals surface area (Å²) >= 11 is 11.9. The maximum absolute atomic E-state index is 6.16. The van der Waals surface area contributed by atoms with Gasteiger partial charge in [0.2, 0.25) is 5.89 Å². The molecule has 2 rings (SSSR count). The quantitative estimate of drug-likeness (QED) is 0.908. The summed E-state index contributed by atoms with van der Waals surface area (Å²) in [5.41, 5.74) is 6.55. The van der Waals surface area contributed by atoms with E-state index in [4.69, 9.17) is 33.5 Å². The first-order chi connectivity index (χ1) is 9.42. The van der Waals surface area contributed by atoms with Gasteiger partial charge in [0.25, 0.3) is 0 Å². The highest BCUT2D eigenvalue weighted by Gasteiger charge is 2.27. The van der Waals surface area contributed by atoms with Crippen LogP contribution in [0, 0.1) is 0 Å². The maximum Gasteiger partial charge on any atom is 0.246 e. The summed E-state index contributed by atoms with van der Waals surface area (Å²) in [6.07, 6.45) is 2.28. The number of nitrogens with two attached hydrogens (primary N) is 1. The van der Waals surface area contributed by atoms with Gasteiger partial charge in [-0.3, -0.25) is 0 Å². The lowest BCUT2D eigenvalue weighted by Crippen LogP contribution is -2.33. The van der Waals surface area contributed by atoms with Gasteiger partial charge in [0, 0.05) is 6.42 Å². The van der Waals surface area contributed by atoms with E-state index in [1.807, 2.05) is 13.0 Å². The molecule has 0 amide bonds. The number of hydrogen-bond acceptors (Lipinski definition) is 4. The van der Waals surface area contributed by atoms with Crippen molar-refractivity contribution in [1.29, 1.82) is 0 Å². The van der Waals surface area contributed by atoms with E-state index in [-0.39, 0.29) is 0 Å². The molecular weight excluding hydrogens is 297 g/mol. The Bertz CT molecular complexity index is 596. The average Bonchev–Trinajstić information content (AvgIpc) is 2.83. The van der Waals surface area contributed by atoms with Gasteiger partial charge in [0.05, 0.1) is 15.6 Å². The Balaban J connectivity index is 2.15. The second-order valence-electron chi connectivity index (χ2n) is 5.11. The summed E-state index contributed by atoms with van der Waals surface area (Å²) in [6.45, 7) is 3.96. The van der Waals surface area contributed by atoms with Crippen LogP contribution in [-0.4, -0.2) is 10.1 Å². The number of halogens is 2. The highest BCUT2D eigenvalue weighted by Crippen LogP contribution is 2.25. The predicted molar refractivity (Wildman–Crippen MR) is 80.0 cm³/mol. The van der Waals surface area contributed by atoms with Crippen LogP contribution < -0.4 is 5.73 Å². The summed E-state index contributed by atoms with van der Waals surface area (Å²) in [6, 6.07) is 5.44. The third-order valence-corrected chi connectivity index (χ3v) is 3.81. The van der Waals surface area contributed by atoms with Crippen molar-refractivity contribution < 1.29 is 4.52 Å². The van der Waals surface area contributed by atoms with Gasteiger partial charge in [-0.15, -0.1) is 0 Å². The molecule has 1 atom stereocenters. The monoisotopic (exact) mass is 313 g/mol. The Morgan fingerprint density at radius 1 is 1.30 bits per heavy atom. The molecule has 1 aromatic heterocycles. The fraction of sp³-hybridized carbons (Fsp3) is 0.429. The molecule has 0 aliphatic carbocycles. The summed E-state index contributed by atoms with van der Waals surface area (Å²) in [7, 11) is 0. The fourth-order valence-corrected chi connectivity index (χ4v) is 2.34. The Labute approximate surface area is 128 Å². The van der Waals surface area contributed by atoms with Crippen LogP contribution in [0.3, 0.4) is 0 Å². The fourth-order valence-electron chi connectivity index (χ4n) is 2.02. The van der Waals surface area contributed by atoms with Crippen LogP contribution >= 0.6 is 23.2 Å². The minimum atomic E-state index is -0.586. The van der Waals surface area contributed by atoms with Gasteiger partial charge in [0.1, 0.15) is 0 Å². The lowest BCUT2D eigenvalue weighted by molar-refractivity contribution is 0.282. The molecule has 1 heterocycles. The number of nitrogens with zero attached hydrogens (tertiary/aromatic N) is 2. The summed E-state index contributed by atoms with van der Waals surface area (Å²) in [5.74, 6) is 1.06. The minimum absolute atomic E-state index is 0.467. The van der Waals surface area contributed by atoms with Gasteiger partial charge in [-0.2, -0.15) is 4.98 Å². The van der Waals surface area contributed by atoms with Crippen molar-refractivity contribution >= 4 is 23.2 Å². The molecule has 0 fully saturated rings. The van der Waals surface area contributed by atoms with Gasteiger partial charge >= 0.3 is 0 Å². The standard InChI is InChI=1S/C14H17Cl2N3O/c1-3-6-14(2,17)13-18-12(19-20-13)8-9-4-5-10(15)11(16)7-9/h4-5,7H,3,6,8,17H2,1-2H3. The lowest BCUT2D eigenvalue weighted by atomic mass is 9.98. The number of rotatable bonds is 5. The molecular formula is C14H17Cl2N3O. The van der Waals surface area contributed by atoms with Crippen LogP contribution in [0.25, 0.3) is 0 Å². The second-order valence-corrected chi connectivity index (χ2v) is 5.92. The van der Waals surface area contributed by atoms with Crippen molar-refractivity contribution in [3.05, 3.63) is 45.5 Å². The van der Waals surface area contributed by atoms with Gasteiger partial charge < -0.3 is 10.3 Å². The van der Waals surface area contributed by atoms with Crippen molar-refractivity contribution in [2.75, 3.05) is 0 Å². The molecule has 0 aliphatic heterocycles. The van der Waals surface area contributed by atoms with Crippen LogP contribution in [0.15, 0.2) is 22.7 Å². The molecule has 20 heavy (non-hydrogen) atoms. The molecule has 0 bridgehead atoms. The zero-order chi connectivity index (χ0) is 14.8. The minimum Gasteiger partial charge on any atom is -0.337 e. The van der Waals surface area contributed by atoms with E-state index in [1.165, 1.54) is 0 Å². The molecule has 1 aromatic carbocycles. The zero-order valence-corrected chi connectivity index (χ0v) is 13.0. The molecule has 6 heteroatoms. The highest BCUT2D eigenvalue weighted by molar-refractivity contribution is 6.42. The van der Waals surface area contributed by atoms with Gasteiger partial charge in [-0.25, -0.2) is 0 Å². The third kappa shape index (κ3) is 3.51. The molecule has 0 aliphatic rings. The first kappa shape index (κ1) is 15.3. The van der Waals surface area contributed by atoms with E-state index < -0.39 is 5.54 Å². The normalized spacial score (nSPS) is 14.2. The van der Waals surface area contributed by atoms with Crippen molar-refractivity contribution in [3.8, 4) is 0 Å². The molecule has 0 radical (unpaired) electrons. The third-order valence-electron chi connectivity index (χ3n) is 3.07. The molecule has 0 spiro atoms. The van der Waals surface area contributed by atoms with Crippen molar-refractivity contribution in [3.63, 3.8) is 0 Å². The van der Waals surface area contributed by atoms with E-state index in [1.54, 1.807) is 12.1 Å². The van der Waals surface area contributed by atoms with Gasteiger partial charge in [0.15, 0.2) is 5.82 Å². The molecule has 2 aromatic rings. The van der Waals surface area contributed by atoms with Crippen molar-refractivity contribution in [2.24, 2.45) is 5.73 Å². The van der Waals surface area contributed by atoms with Gasteiger partial charge in [-0.1, -0.05) is 47.8 Å². The van der Waals surface area contributed by atoms with Crippen LogP contribution in [0.2, 0.25) is 10.0 Å². The topological polar surface area (TPSA) is 64.9 Å². The maximum atomic E-state index is 6.16. The average molecular weight is 314 g/mol. The summed E-state index contributed by atoms with van der Waals surface area (Å²) in [5, 5.41) is 5.02. The largest absolute Gasteiger partial charge is 0.337 e. The molecule has 0 saturated carbocycles. The number of hydrogen-bond donors (Lipinski definition) is 1.